The van der Waals surface area contributed by atoms with Gasteiger partial charge in [-0.2, -0.15) is 0 Å². The van der Waals surface area contributed by atoms with Crippen molar-refractivity contribution in [2.75, 3.05) is 20.8 Å². The van der Waals surface area contributed by atoms with Crippen LogP contribution in [0.1, 0.15) is 34.1 Å². The minimum atomic E-state index is 0.0413. The molecule has 1 unspecified atom stereocenters. The van der Waals surface area contributed by atoms with Crippen LogP contribution in [0.25, 0.3) is 0 Å². The van der Waals surface area contributed by atoms with Crippen molar-refractivity contribution in [3.05, 3.63) is 46.2 Å². The normalized spacial score (nSPS) is 17.5. The van der Waals surface area contributed by atoms with E-state index in [4.69, 9.17) is 9.47 Å². The average molecular weight is 317 g/mol. The maximum absolute atomic E-state index is 12.7. The van der Waals surface area contributed by atoms with Crippen LogP contribution in [0, 0.1) is 0 Å². The quantitative estimate of drug-likeness (QED) is 0.862. The van der Waals surface area contributed by atoms with Crippen molar-refractivity contribution in [2.45, 2.75) is 18.9 Å². The lowest BCUT2D eigenvalue weighted by molar-refractivity contribution is 0.0739. The first-order valence-electron chi connectivity index (χ1n) is 7.31. The Morgan fingerprint density at radius 1 is 1.27 bits per heavy atom. The van der Waals surface area contributed by atoms with Gasteiger partial charge in [0.1, 0.15) is 11.5 Å². The van der Waals surface area contributed by atoms with Crippen LogP contribution < -0.4 is 9.47 Å². The van der Waals surface area contributed by atoms with Crippen LogP contribution in [-0.2, 0) is 0 Å². The fraction of sp³-hybridized carbons (Fsp3) is 0.353. The predicted octanol–water partition coefficient (Wildman–Crippen LogP) is 3.74. The summed E-state index contributed by atoms with van der Waals surface area (Å²) in [5, 5.41) is 1.93. The van der Waals surface area contributed by atoms with Gasteiger partial charge < -0.3 is 14.4 Å². The van der Waals surface area contributed by atoms with Crippen molar-refractivity contribution in [1.82, 2.24) is 4.90 Å². The minimum Gasteiger partial charge on any atom is -0.497 e. The summed E-state index contributed by atoms with van der Waals surface area (Å²) in [5.74, 6) is 1.69. The van der Waals surface area contributed by atoms with Crippen LogP contribution in [-0.4, -0.2) is 31.6 Å². The minimum absolute atomic E-state index is 0.0413. The van der Waals surface area contributed by atoms with Crippen molar-refractivity contribution >= 4 is 17.2 Å². The number of ether oxygens (including phenoxy) is 2. The molecule has 4 nitrogen and oxygen atoms in total. The van der Waals surface area contributed by atoms with E-state index in [0.29, 0.717) is 0 Å². The fourth-order valence-corrected chi connectivity index (χ4v) is 3.65. The molecule has 0 radical (unpaired) electrons. The molecule has 0 saturated carbocycles. The van der Waals surface area contributed by atoms with Crippen molar-refractivity contribution in [2.24, 2.45) is 0 Å². The zero-order valence-corrected chi connectivity index (χ0v) is 13.6. The number of likely N-dealkylation sites (tertiary alicyclic amines) is 1. The van der Waals surface area contributed by atoms with Crippen molar-refractivity contribution in [3.63, 3.8) is 0 Å². The lowest BCUT2D eigenvalue weighted by Crippen LogP contribution is -2.30. The maximum atomic E-state index is 12.7. The average Bonchev–Trinajstić information content (AvgIpc) is 3.24. The molecule has 3 rings (SSSR count). The summed E-state index contributed by atoms with van der Waals surface area (Å²) < 4.78 is 10.8. The molecule has 1 saturated heterocycles. The summed E-state index contributed by atoms with van der Waals surface area (Å²) >= 11 is 1.49. The first-order valence-corrected chi connectivity index (χ1v) is 8.19. The topological polar surface area (TPSA) is 38.8 Å². The highest BCUT2D eigenvalue weighted by atomic mass is 32.1. The zero-order chi connectivity index (χ0) is 15.5. The number of methoxy groups -OCH3 is 2. The molecule has 1 atom stereocenters. The Bertz CT molecular complexity index is 654. The summed E-state index contributed by atoms with van der Waals surface area (Å²) in [6, 6.07) is 9.59. The molecular formula is C17H19NO3S. The Labute approximate surface area is 134 Å². The van der Waals surface area contributed by atoms with Gasteiger partial charge in [-0.05, 0) is 42.5 Å². The van der Waals surface area contributed by atoms with E-state index in [1.807, 2.05) is 40.6 Å². The van der Waals surface area contributed by atoms with Gasteiger partial charge in [0.25, 0.3) is 5.91 Å². The first kappa shape index (κ1) is 14.9. The zero-order valence-electron chi connectivity index (χ0n) is 12.7. The number of hydrogen-bond donors (Lipinski definition) is 0. The Balaban J connectivity index is 1.94. The number of thiophene rings is 1. The van der Waals surface area contributed by atoms with Crippen LogP contribution in [0.3, 0.4) is 0 Å². The van der Waals surface area contributed by atoms with Gasteiger partial charge in [-0.15, -0.1) is 11.3 Å². The van der Waals surface area contributed by atoms with E-state index in [1.165, 1.54) is 11.3 Å². The van der Waals surface area contributed by atoms with Gasteiger partial charge in [0.15, 0.2) is 0 Å². The van der Waals surface area contributed by atoms with Crippen LogP contribution in [0.4, 0.5) is 0 Å². The lowest BCUT2D eigenvalue weighted by atomic mass is 10.0. The highest BCUT2D eigenvalue weighted by molar-refractivity contribution is 7.12. The van der Waals surface area contributed by atoms with E-state index >= 15 is 0 Å². The van der Waals surface area contributed by atoms with Crippen LogP contribution >= 0.6 is 11.3 Å². The number of carbonyl (C=O) groups is 1. The molecule has 1 aliphatic rings. The SMILES string of the molecule is COc1ccc(OC)c(C2CCCN2C(=O)c2cccs2)c1. The molecule has 0 N–H and O–H groups in total. The highest BCUT2D eigenvalue weighted by Crippen LogP contribution is 2.39. The number of amides is 1. The summed E-state index contributed by atoms with van der Waals surface area (Å²) in [5.41, 5.74) is 1.02. The second kappa shape index (κ2) is 6.40. The van der Waals surface area contributed by atoms with Gasteiger partial charge in [0.2, 0.25) is 0 Å². The Morgan fingerprint density at radius 2 is 2.14 bits per heavy atom. The van der Waals surface area contributed by atoms with Gasteiger partial charge in [-0.1, -0.05) is 6.07 Å². The highest BCUT2D eigenvalue weighted by Gasteiger charge is 2.33. The molecule has 2 heterocycles. The third-order valence-corrected chi connectivity index (χ3v) is 4.90. The molecule has 1 amide bonds. The molecule has 1 aromatic heterocycles. The molecule has 1 aliphatic heterocycles. The van der Waals surface area contributed by atoms with Gasteiger partial charge in [0, 0.05) is 12.1 Å². The molecule has 0 bridgehead atoms. The van der Waals surface area contributed by atoms with Gasteiger partial charge in [0.05, 0.1) is 25.1 Å². The smallest absolute Gasteiger partial charge is 0.264 e. The first-order chi connectivity index (χ1) is 10.7. The third-order valence-electron chi connectivity index (χ3n) is 4.04. The van der Waals surface area contributed by atoms with E-state index in [9.17, 15) is 4.79 Å². The molecule has 2 aromatic rings. The Morgan fingerprint density at radius 3 is 2.82 bits per heavy atom. The third kappa shape index (κ3) is 2.68. The predicted molar refractivity (Wildman–Crippen MR) is 86.9 cm³/mol. The van der Waals surface area contributed by atoms with Gasteiger partial charge in [-0.3, -0.25) is 4.79 Å². The summed E-state index contributed by atoms with van der Waals surface area (Å²) in [6.45, 7) is 0.780. The van der Waals surface area contributed by atoms with Crippen LogP contribution in [0.2, 0.25) is 0 Å². The van der Waals surface area contributed by atoms with Crippen LogP contribution in [0.15, 0.2) is 35.7 Å². The van der Waals surface area contributed by atoms with Gasteiger partial charge in [-0.25, -0.2) is 0 Å². The molecule has 0 aliphatic carbocycles. The van der Waals surface area contributed by atoms with E-state index in [2.05, 4.69) is 0 Å². The summed E-state index contributed by atoms with van der Waals surface area (Å²) in [6.07, 6.45) is 1.95. The Kier molecular flexibility index (Phi) is 4.34. The monoisotopic (exact) mass is 317 g/mol. The van der Waals surface area contributed by atoms with Crippen LogP contribution in [0.5, 0.6) is 11.5 Å². The summed E-state index contributed by atoms with van der Waals surface area (Å²) in [7, 11) is 3.31. The standard InChI is InChI=1S/C17H19NO3S/c1-20-12-7-8-15(21-2)13(11-12)14-5-3-9-18(14)17(19)16-6-4-10-22-16/h4,6-8,10-11,14H,3,5,9H2,1-2H3. The van der Waals surface area contributed by atoms with E-state index in [0.717, 1.165) is 41.3 Å². The Hall–Kier alpha value is -2.01. The molecule has 0 spiro atoms. The molecule has 22 heavy (non-hydrogen) atoms. The lowest BCUT2D eigenvalue weighted by Gasteiger charge is -2.26. The van der Waals surface area contributed by atoms with Gasteiger partial charge >= 0.3 is 0 Å². The number of hydrogen-bond acceptors (Lipinski definition) is 4. The van der Waals surface area contributed by atoms with Crippen molar-refractivity contribution in [3.8, 4) is 11.5 Å². The fourth-order valence-electron chi connectivity index (χ4n) is 2.97. The van der Waals surface area contributed by atoms with E-state index < -0.39 is 0 Å². The molecule has 1 fully saturated rings. The number of carbonyl (C=O) groups excluding carboxylic acids is 1. The van der Waals surface area contributed by atoms with E-state index in [-0.39, 0.29) is 11.9 Å². The molecule has 116 valence electrons. The second-order valence-electron chi connectivity index (χ2n) is 5.24. The van der Waals surface area contributed by atoms with Crippen molar-refractivity contribution in [1.29, 1.82) is 0 Å². The number of rotatable bonds is 4. The number of nitrogens with zero attached hydrogens (tertiary/aromatic N) is 1. The molecule has 5 heteroatoms. The molecular weight excluding hydrogens is 298 g/mol. The van der Waals surface area contributed by atoms with E-state index in [1.54, 1.807) is 14.2 Å². The second-order valence-corrected chi connectivity index (χ2v) is 6.19. The number of benzene rings is 1. The molecule has 1 aromatic carbocycles. The van der Waals surface area contributed by atoms with Crippen molar-refractivity contribution < 1.29 is 14.3 Å². The largest absolute Gasteiger partial charge is 0.497 e. The maximum Gasteiger partial charge on any atom is 0.264 e. The summed E-state index contributed by atoms with van der Waals surface area (Å²) in [4.78, 5) is 15.4.